The number of nitrogens with zero attached hydrogens (tertiary/aromatic N) is 1. The Bertz CT molecular complexity index is 577. The summed E-state index contributed by atoms with van der Waals surface area (Å²) in [7, 11) is 0. The van der Waals surface area contributed by atoms with E-state index in [4.69, 9.17) is 4.98 Å². The van der Waals surface area contributed by atoms with Gasteiger partial charge in [0.25, 0.3) is 0 Å². The molecule has 1 aromatic carbocycles. The molecule has 1 aromatic heterocycles. The lowest BCUT2D eigenvalue weighted by Gasteiger charge is -2.20. The molecule has 0 aliphatic carbocycles. The molecular formula is C14H15FN2S2. The minimum absolute atomic E-state index is 0.210. The predicted octanol–water partition coefficient (Wildman–Crippen LogP) is 3.64. The molecule has 19 heavy (non-hydrogen) atoms. The van der Waals surface area contributed by atoms with Gasteiger partial charge in [0.15, 0.2) is 0 Å². The van der Waals surface area contributed by atoms with Crippen LogP contribution in [0, 0.1) is 12.7 Å². The van der Waals surface area contributed by atoms with Crippen molar-refractivity contribution in [3.05, 3.63) is 40.0 Å². The maximum atomic E-state index is 13.3. The van der Waals surface area contributed by atoms with E-state index in [1.54, 1.807) is 23.5 Å². The fourth-order valence-electron chi connectivity index (χ4n) is 2.19. The lowest BCUT2D eigenvalue weighted by atomic mass is 10.1. The molecule has 0 amide bonds. The average Bonchev–Trinajstić information content (AvgIpc) is 2.82. The lowest BCUT2D eigenvalue weighted by molar-refractivity contribution is 0.592. The largest absolute Gasteiger partial charge is 0.306 e. The van der Waals surface area contributed by atoms with Gasteiger partial charge in [-0.25, -0.2) is 9.37 Å². The Labute approximate surface area is 120 Å². The fraction of sp³-hybridized carbons (Fsp3) is 0.357. The van der Waals surface area contributed by atoms with E-state index in [-0.39, 0.29) is 5.82 Å². The molecule has 100 valence electrons. The Balaban J connectivity index is 1.92. The first-order valence-corrected chi connectivity index (χ1v) is 8.25. The number of hydrogen-bond acceptors (Lipinski definition) is 4. The molecule has 0 spiro atoms. The topological polar surface area (TPSA) is 24.9 Å². The first-order valence-electron chi connectivity index (χ1n) is 6.28. The van der Waals surface area contributed by atoms with E-state index in [1.165, 1.54) is 6.07 Å². The molecule has 0 radical (unpaired) electrons. The van der Waals surface area contributed by atoms with E-state index in [2.05, 4.69) is 12.2 Å². The van der Waals surface area contributed by atoms with Crippen LogP contribution in [0.25, 0.3) is 11.3 Å². The number of thiazole rings is 1. The number of aryl methyl sites for hydroxylation is 1. The van der Waals surface area contributed by atoms with E-state index in [0.717, 1.165) is 39.2 Å². The summed E-state index contributed by atoms with van der Waals surface area (Å²) in [6.45, 7) is 3.08. The van der Waals surface area contributed by atoms with Gasteiger partial charge in [-0.2, -0.15) is 11.8 Å². The number of benzene rings is 1. The highest BCUT2D eigenvalue weighted by Crippen LogP contribution is 2.32. The summed E-state index contributed by atoms with van der Waals surface area (Å²) in [6, 6.07) is 7.00. The zero-order valence-electron chi connectivity index (χ0n) is 10.6. The van der Waals surface area contributed by atoms with Crippen LogP contribution in [-0.2, 0) is 0 Å². The Morgan fingerprint density at radius 3 is 3.05 bits per heavy atom. The molecule has 1 unspecified atom stereocenters. The van der Waals surface area contributed by atoms with Gasteiger partial charge in [-0.1, -0.05) is 12.1 Å². The highest BCUT2D eigenvalue weighted by Gasteiger charge is 2.20. The lowest BCUT2D eigenvalue weighted by Crippen LogP contribution is -2.30. The van der Waals surface area contributed by atoms with Crippen LogP contribution in [0.4, 0.5) is 4.39 Å². The number of aromatic nitrogens is 1. The quantitative estimate of drug-likeness (QED) is 0.915. The molecule has 1 N–H and O–H groups in total. The molecule has 1 aliphatic heterocycles. The summed E-state index contributed by atoms with van der Waals surface area (Å²) in [5, 5.41) is 4.61. The monoisotopic (exact) mass is 294 g/mol. The van der Waals surface area contributed by atoms with Crippen LogP contribution >= 0.6 is 23.1 Å². The minimum Gasteiger partial charge on any atom is -0.306 e. The van der Waals surface area contributed by atoms with Crippen molar-refractivity contribution in [2.24, 2.45) is 0 Å². The van der Waals surface area contributed by atoms with Crippen molar-refractivity contribution < 1.29 is 4.39 Å². The Morgan fingerprint density at radius 1 is 1.42 bits per heavy atom. The number of halogens is 1. The van der Waals surface area contributed by atoms with Crippen molar-refractivity contribution in [1.29, 1.82) is 0 Å². The van der Waals surface area contributed by atoms with Crippen molar-refractivity contribution >= 4 is 23.1 Å². The van der Waals surface area contributed by atoms with Crippen molar-refractivity contribution in [1.82, 2.24) is 10.3 Å². The second-order valence-corrected chi connectivity index (χ2v) is 6.93. The van der Waals surface area contributed by atoms with Gasteiger partial charge >= 0.3 is 0 Å². The van der Waals surface area contributed by atoms with Gasteiger partial charge in [0.2, 0.25) is 0 Å². The third-order valence-corrected chi connectivity index (χ3v) is 5.28. The molecule has 1 saturated heterocycles. The number of hydrogen-bond donors (Lipinski definition) is 1. The molecule has 3 rings (SSSR count). The van der Waals surface area contributed by atoms with Crippen molar-refractivity contribution in [2.75, 3.05) is 18.1 Å². The molecule has 1 atom stereocenters. The zero-order chi connectivity index (χ0) is 13.2. The van der Waals surface area contributed by atoms with E-state index in [9.17, 15) is 4.39 Å². The standard InChI is InChI=1S/C14H15FN2S2/c1-9-13(10-3-2-4-11(15)7-10)17-14(19-9)12-8-18-6-5-16-12/h2-4,7,12,16H,5-6,8H2,1H3. The molecule has 2 heterocycles. The Kier molecular flexibility index (Phi) is 3.86. The SMILES string of the molecule is Cc1sc(C2CSCCN2)nc1-c1cccc(F)c1. The molecule has 1 fully saturated rings. The normalized spacial score (nSPS) is 19.6. The second kappa shape index (κ2) is 5.61. The van der Waals surface area contributed by atoms with Crippen LogP contribution in [-0.4, -0.2) is 23.0 Å². The number of thioether (sulfide) groups is 1. The summed E-state index contributed by atoms with van der Waals surface area (Å²) in [5.41, 5.74) is 1.78. The van der Waals surface area contributed by atoms with Crippen LogP contribution < -0.4 is 5.32 Å². The smallest absolute Gasteiger partial charge is 0.123 e. The van der Waals surface area contributed by atoms with E-state index in [0.29, 0.717) is 6.04 Å². The van der Waals surface area contributed by atoms with Gasteiger partial charge in [-0.3, -0.25) is 0 Å². The number of rotatable bonds is 2. The summed E-state index contributed by atoms with van der Waals surface area (Å²) < 4.78 is 13.3. The van der Waals surface area contributed by atoms with Gasteiger partial charge in [0.1, 0.15) is 10.8 Å². The van der Waals surface area contributed by atoms with Gasteiger partial charge < -0.3 is 5.32 Å². The predicted molar refractivity (Wildman–Crippen MR) is 80.3 cm³/mol. The Morgan fingerprint density at radius 2 is 2.32 bits per heavy atom. The molecule has 5 heteroatoms. The third kappa shape index (κ3) is 2.83. The van der Waals surface area contributed by atoms with E-state index in [1.807, 2.05) is 17.8 Å². The summed E-state index contributed by atoms with van der Waals surface area (Å²) in [5.74, 6) is 2.02. The third-order valence-electron chi connectivity index (χ3n) is 3.13. The molecular weight excluding hydrogens is 279 g/mol. The van der Waals surface area contributed by atoms with Crippen molar-refractivity contribution in [2.45, 2.75) is 13.0 Å². The highest BCUT2D eigenvalue weighted by molar-refractivity contribution is 7.99. The average molecular weight is 294 g/mol. The van der Waals surface area contributed by atoms with E-state index < -0.39 is 0 Å². The summed E-state index contributed by atoms with van der Waals surface area (Å²) in [6.07, 6.45) is 0. The van der Waals surface area contributed by atoms with E-state index >= 15 is 0 Å². The summed E-state index contributed by atoms with van der Waals surface area (Å²) >= 11 is 3.67. The van der Waals surface area contributed by atoms with Crippen molar-refractivity contribution in [3.63, 3.8) is 0 Å². The molecule has 2 nitrogen and oxygen atoms in total. The maximum Gasteiger partial charge on any atom is 0.123 e. The molecule has 0 bridgehead atoms. The van der Waals surface area contributed by atoms with Gasteiger partial charge in [0, 0.05) is 28.5 Å². The summed E-state index contributed by atoms with van der Waals surface area (Å²) in [4.78, 5) is 5.87. The van der Waals surface area contributed by atoms with Crippen LogP contribution in [0.15, 0.2) is 24.3 Å². The highest BCUT2D eigenvalue weighted by atomic mass is 32.2. The van der Waals surface area contributed by atoms with Crippen LogP contribution in [0.1, 0.15) is 15.9 Å². The number of nitrogens with one attached hydrogen (secondary N) is 1. The van der Waals surface area contributed by atoms with Gasteiger partial charge in [0.05, 0.1) is 11.7 Å². The fourth-order valence-corrected chi connectivity index (χ4v) is 4.26. The first kappa shape index (κ1) is 13.1. The van der Waals surface area contributed by atoms with Gasteiger partial charge in [-0.05, 0) is 19.1 Å². The van der Waals surface area contributed by atoms with Crippen LogP contribution in [0.3, 0.4) is 0 Å². The second-order valence-electron chi connectivity index (χ2n) is 4.55. The molecule has 2 aromatic rings. The van der Waals surface area contributed by atoms with Crippen LogP contribution in [0.5, 0.6) is 0 Å². The minimum atomic E-state index is -0.210. The Hall–Kier alpha value is -0.910. The maximum absolute atomic E-state index is 13.3. The van der Waals surface area contributed by atoms with Gasteiger partial charge in [-0.15, -0.1) is 11.3 Å². The van der Waals surface area contributed by atoms with Crippen molar-refractivity contribution in [3.8, 4) is 11.3 Å². The first-order chi connectivity index (χ1) is 9.24. The molecule has 1 aliphatic rings. The van der Waals surface area contributed by atoms with Crippen LogP contribution in [0.2, 0.25) is 0 Å². The molecule has 0 saturated carbocycles. The zero-order valence-corrected chi connectivity index (χ0v) is 12.3.